The average molecular weight is 397 g/mol. The third-order valence-corrected chi connectivity index (χ3v) is 4.95. The highest BCUT2D eigenvalue weighted by Crippen LogP contribution is 2.30. The molecule has 5 nitrogen and oxygen atoms in total. The highest BCUT2D eigenvalue weighted by atomic mass is 16.5. The maximum Gasteiger partial charge on any atom is 0.343 e. The lowest BCUT2D eigenvalue weighted by atomic mass is 10.0. The predicted octanol–water partition coefficient (Wildman–Crippen LogP) is 4.92. The molecule has 1 heterocycles. The van der Waals surface area contributed by atoms with Gasteiger partial charge in [-0.3, -0.25) is 0 Å². The van der Waals surface area contributed by atoms with Crippen LogP contribution in [0.25, 0.3) is 11.8 Å². The summed E-state index contributed by atoms with van der Waals surface area (Å²) in [7, 11) is 0. The van der Waals surface area contributed by atoms with Gasteiger partial charge in [-0.05, 0) is 55.3 Å². The van der Waals surface area contributed by atoms with Gasteiger partial charge in [-0.15, -0.1) is 0 Å². The van der Waals surface area contributed by atoms with Crippen molar-refractivity contribution in [3.63, 3.8) is 0 Å². The second-order valence-electron chi connectivity index (χ2n) is 7.21. The number of anilines is 1. The zero-order chi connectivity index (χ0) is 21.5. The Bertz CT molecular complexity index is 1060. The highest BCUT2D eigenvalue weighted by molar-refractivity contribution is 6.05. The molecular formula is C25H23N3O2. The van der Waals surface area contributed by atoms with E-state index in [2.05, 4.69) is 12.1 Å². The van der Waals surface area contributed by atoms with Gasteiger partial charge in [0.05, 0.1) is 30.6 Å². The average Bonchev–Trinajstić information content (AvgIpc) is 3.10. The molecule has 0 spiro atoms. The summed E-state index contributed by atoms with van der Waals surface area (Å²) in [6, 6.07) is 18.1. The first kappa shape index (κ1) is 20.9. The smallest absolute Gasteiger partial charge is 0.343 e. The number of esters is 1. The van der Waals surface area contributed by atoms with Gasteiger partial charge in [0, 0.05) is 24.3 Å². The predicted molar refractivity (Wildman–Crippen MR) is 117 cm³/mol. The van der Waals surface area contributed by atoms with Crippen LogP contribution < -0.4 is 4.90 Å². The van der Waals surface area contributed by atoms with Crippen molar-refractivity contribution < 1.29 is 9.53 Å². The molecule has 0 unspecified atom stereocenters. The van der Waals surface area contributed by atoms with Crippen molar-refractivity contribution in [1.29, 1.82) is 10.5 Å². The van der Waals surface area contributed by atoms with Crippen molar-refractivity contribution in [2.75, 3.05) is 18.0 Å². The van der Waals surface area contributed by atoms with Crippen LogP contribution >= 0.6 is 0 Å². The second kappa shape index (κ2) is 9.58. The number of nitriles is 2. The largest absolute Gasteiger partial charge is 0.422 e. The Morgan fingerprint density at radius 3 is 2.30 bits per heavy atom. The standard InChI is InChI=1S/C25H23N3O2/c1-18-5-6-19(2)23(15-18)24-17-21(25(29)30-24)16-20-7-9-22(10-8-20)28(13-3-11-26)14-4-12-27/h5-10,15-17H,3-4,13-14H2,1-2H3/b21-16+. The molecule has 0 fully saturated rings. The van der Waals surface area contributed by atoms with Gasteiger partial charge in [0.1, 0.15) is 5.76 Å². The minimum Gasteiger partial charge on any atom is -0.422 e. The number of ether oxygens (including phenoxy) is 1. The zero-order valence-corrected chi connectivity index (χ0v) is 17.2. The van der Waals surface area contributed by atoms with Crippen LogP contribution in [-0.4, -0.2) is 19.1 Å². The van der Waals surface area contributed by atoms with Crippen LogP contribution in [0.4, 0.5) is 5.69 Å². The van der Waals surface area contributed by atoms with Crippen LogP contribution in [-0.2, 0) is 9.53 Å². The first-order valence-corrected chi connectivity index (χ1v) is 9.84. The van der Waals surface area contributed by atoms with E-state index in [9.17, 15) is 4.79 Å². The van der Waals surface area contributed by atoms with E-state index in [1.807, 2.05) is 61.2 Å². The van der Waals surface area contributed by atoms with Crippen molar-refractivity contribution in [1.82, 2.24) is 0 Å². The summed E-state index contributed by atoms with van der Waals surface area (Å²) < 4.78 is 5.50. The third kappa shape index (κ3) is 4.96. The maximum atomic E-state index is 12.4. The number of hydrogen-bond donors (Lipinski definition) is 0. The number of aryl methyl sites for hydroxylation is 2. The summed E-state index contributed by atoms with van der Waals surface area (Å²) in [5.41, 5.74) is 5.42. The summed E-state index contributed by atoms with van der Waals surface area (Å²) in [6.07, 6.45) is 4.38. The van der Waals surface area contributed by atoms with Crippen LogP contribution in [0.15, 0.2) is 54.1 Å². The molecule has 1 aliphatic heterocycles. The van der Waals surface area contributed by atoms with Crippen LogP contribution in [0.5, 0.6) is 0 Å². The van der Waals surface area contributed by atoms with E-state index in [1.165, 1.54) is 0 Å². The Morgan fingerprint density at radius 1 is 1.00 bits per heavy atom. The van der Waals surface area contributed by atoms with Gasteiger partial charge in [0.2, 0.25) is 0 Å². The Hall–Kier alpha value is -3.83. The third-order valence-electron chi connectivity index (χ3n) is 4.95. The Balaban J connectivity index is 1.82. The maximum absolute atomic E-state index is 12.4. The van der Waals surface area contributed by atoms with Crippen LogP contribution in [0.3, 0.4) is 0 Å². The molecule has 0 saturated carbocycles. The second-order valence-corrected chi connectivity index (χ2v) is 7.21. The first-order chi connectivity index (χ1) is 14.5. The molecule has 0 saturated heterocycles. The Morgan fingerprint density at radius 2 is 1.67 bits per heavy atom. The summed E-state index contributed by atoms with van der Waals surface area (Å²) >= 11 is 0. The number of nitrogens with zero attached hydrogens (tertiary/aromatic N) is 3. The quantitative estimate of drug-likeness (QED) is 0.490. The Kier molecular flexibility index (Phi) is 6.67. The molecule has 0 N–H and O–H groups in total. The van der Waals surface area contributed by atoms with Gasteiger partial charge >= 0.3 is 5.97 Å². The fourth-order valence-electron chi connectivity index (χ4n) is 3.32. The fraction of sp³-hybridized carbons (Fsp3) is 0.240. The monoisotopic (exact) mass is 397 g/mol. The zero-order valence-electron chi connectivity index (χ0n) is 17.2. The van der Waals surface area contributed by atoms with E-state index < -0.39 is 0 Å². The molecular weight excluding hydrogens is 374 g/mol. The van der Waals surface area contributed by atoms with Gasteiger partial charge in [0.25, 0.3) is 0 Å². The molecule has 150 valence electrons. The van der Waals surface area contributed by atoms with Crippen LogP contribution in [0, 0.1) is 36.5 Å². The SMILES string of the molecule is Cc1ccc(C)c(C2=C/C(=C\c3ccc(N(CCC#N)CCC#N)cc3)C(=O)O2)c1. The molecule has 1 aliphatic rings. The Labute approximate surface area is 177 Å². The summed E-state index contributed by atoms with van der Waals surface area (Å²) in [6.45, 7) is 5.16. The minimum atomic E-state index is -0.361. The lowest BCUT2D eigenvalue weighted by Gasteiger charge is -2.22. The molecule has 2 aromatic carbocycles. The highest BCUT2D eigenvalue weighted by Gasteiger charge is 2.23. The van der Waals surface area contributed by atoms with E-state index in [1.54, 1.807) is 12.2 Å². The minimum absolute atomic E-state index is 0.361. The van der Waals surface area contributed by atoms with Crippen LogP contribution in [0.2, 0.25) is 0 Å². The summed E-state index contributed by atoms with van der Waals surface area (Å²) in [5, 5.41) is 17.7. The summed E-state index contributed by atoms with van der Waals surface area (Å²) in [5.74, 6) is 0.211. The van der Waals surface area contributed by atoms with Crippen molar-refractivity contribution in [2.45, 2.75) is 26.7 Å². The number of cyclic esters (lactones) is 1. The van der Waals surface area contributed by atoms with E-state index in [0.29, 0.717) is 37.3 Å². The van der Waals surface area contributed by atoms with Gasteiger partial charge in [0.15, 0.2) is 0 Å². The molecule has 0 radical (unpaired) electrons. The molecule has 30 heavy (non-hydrogen) atoms. The van der Waals surface area contributed by atoms with Crippen molar-refractivity contribution in [2.24, 2.45) is 0 Å². The molecule has 5 heteroatoms. The first-order valence-electron chi connectivity index (χ1n) is 9.84. The van der Waals surface area contributed by atoms with Gasteiger partial charge in [-0.2, -0.15) is 10.5 Å². The van der Waals surface area contributed by atoms with Crippen molar-refractivity contribution in [3.8, 4) is 12.1 Å². The van der Waals surface area contributed by atoms with E-state index >= 15 is 0 Å². The normalized spacial score (nSPS) is 14.1. The number of benzene rings is 2. The van der Waals surface area contributed by atoms with E-state index in [4.69, 9.17) is 15.3 Å². The van der Waals surface area contributed by atoms with Gasteiger partial charge < -0.3 is 9.64 Å². The molecule has 0 amide bonds. The molecule has 0 bridgehead atoms. The van der Waals surface area contributed by atoms with E-state index in [-0.39, 0.29) is 5.97 Å². The van der Waals surface area contributed by atoms with E-state index in [0.717, 1.165) is 27.9 Å². The van der Waals surface area contributed by atoms with Crippen molar-refractivity contribution in [3.05, 3.63) is 76.4 Å². The number of hydrogen-bond acceptors (Lipinski definition) is 5. The lowest BCUT2D eigenvalue weighted by Crippen LogP contribution is -2.25. The number of carbonyl (C=O) groups is 1. The number of carbonyl (C=O) groups excluding carboxylic acids is 1. The lowest BCUT2D eigenvalue weighted by molar-refractivity contribution is -0.130. The fourth-order valence-corrected chi connectivity index (χ4v) is 3.32. The molecule has 2 aromatic rings. The van der Waals surface area contributed by atoms with Crippen molar-refractivity contribution >= 4 is 23.5 Å². The molecule has 0 aliphatic carbocycles. The van der Waals surface area contributed by atoms with Gasteiger partial charge in [-0.25, -0.2) is 4.79 Å². The summed E-state index contributed by atoms with van der Waals surface area (Å²) in [4.78, 5) is 14.4. The topological polar surface area (TPSA) is 77.1 Å². The molecule has 0 aromatic heterocycles. The molecule has 0 atom stereocenters. The van der Waals surface area contributed by atoms with Gasteiger partial charge in [-0.1, -0.05) is 29.8 Å². The number of rotatable bonds is 7. The van der Waals surface area contributed by atoms with Crippen LogP contribution in [0.1, 0.15) is 35.1 Å². The molecule has 3 rings (SSSR count).